The average Bonchev–Trinajstić information content (AvgIpc) is 2.77. The van der Waals surface area contributed by atoms with Crippen LogP contribution in [-0.4, -0.2) is 36.0 Å². The van der Waals surface area contributed by atoms with Crippen molar-refractivity contribution in [3.8, 4) is 5.75 Å². The van der Waals surface area contributed by atoms with Crippen LogP contribution in [0.2, 0.25) is 0 Å². The van der Waals surface area contributed by atoms with Gasteiger partial charge in [-0.25, -0.2) is 0 Å². The lowest BCUT2D eigenvalue weighted by atomic mass is 10.1. The molecule has 1 saturated heterocycles. The van der Waals surface area contributed by atoms with Gasteiger partial charge in [-0.2, -0.15) is 0 Å². The molecule has 0 saturated carbocycles. The highest BCUT2D eigenvalue weighted by Crippen LogP contribution is 2.30. The molecule has 0 aromatic heterocycles. The van der Waals surface area contributed by atoms with Gasteiger partial charge in [0.1, 0.15) is 5.75 Å². The van der Waals surface area contributed by atoms with Crippen LogP contribution in [0.25, 0.3) is 0 Å². The van der Waals surface area contributed by atoms with Gasteiger partial charge in [-0.1, -0.05) is 31.0 Å². The standard InChI is InChI=1S/C16H22N2O2/c17-11-13-7-2-1-5-9-18(13)16(19)15-10-12-6-3-4-8-14(12)20-15/h3-4,6,8,13,15H,1-2,5,7,9-11,17H2. The van der Waals surface area contributed by atoms with Gasteiger partial charge in [0.25, 0.3) is 5.91 Å². The fourth-order valence-electron chi connectivity index (χ4n) is 3.22. The number of ether oxygens (including phenoxy) is 1. The van der Waals surface area contributed by atoms with E-state index in [2.05, 4.69) is 0 Å². The van der Waals surface area contributed by atoms with E-state index < -0.39 is 0 Å². The van der Waals surface area contributed by atoms with E-state index >= 15 is 0 Å². The number of para-hydroxylation sites is 1. The molecule has 2 heterocycles. The Morgan fingerprint density at radius 2 is 2.15 bits per heavy atom. The SMILES string of the molecule is NCC1CCCCCN1C(=O)C1Cc2ccccc2O1. The van der Waals surface area contributed by atoms with Crippen LogP contribution in [0.5, 0.6) is 5.75 Å². The summed E-state index contributed by atoms with van der Waals surface area (Å²) in [6, 6.07) is 8.08. The maximum Gasteiger partial charge on any atom is 0.264 e. The first-order chi connectivity index (χ1) is 9.79. The van der Waals surface area contributed by atoms with Crippen LogP contribution < -0.4 is 10.5 Å². The second-order valence-corrected chi connectivity index (χ2v) is 5.69. The van der Waals surface area contributed by atoms with Crippen molar-refractivity contribution >= 4 is 5.91 Å². The van der Waals surface area contributed by atoms with Gasteiger partial charge >= 0.3 is 0 Å². The molecule has 0 aliphatic carbocycles. The molecule has 2 aliphatic rings. The Kier molecular flexibility index (Phi) is 3.92. The molecule has 108 valence electrons. The van der Waals surface area contributed by atoms with E-state index in [9.17, 15) is 4.79 Å². The van der Waals surface area contributed by atoms with E-state index in [0.29, 0.717) is 13.0 Å². The van der Waals surface area contributed by atoms with Crippen molar-refractivity contribution in [2.24, 2.45) is 5.73 Å². The molecule has 1 aromatic carbocycles. The normalized spacial score (nSPS) is 25.8. The highest BCUT2D eigenvalue weighted by atomic mass is 16.5. The molecule has 2 N–H and O–H groups in total. The first kappa shape index (κ1) is 13.4. The van der Waals surface area contributed by atoms with Crippen LogP contribution in [0, 0.1) is 0 Å². The van der Waals surface area contributed by atoms with E-state index in [1.807, 2.05) is 29.2 Å². The van der Waals surface area contributed by atoms with Gasteiger partial charge in [0, 0.05) is 25.6 Å². The summed E-state index contributed by atoms with van der Waals surface area (Å²) in [7, 11) is 0. The summed E-state index contributed by atoms with van der Waals surface area (Å²) in [6.07, 6.45) is 4.76. The smallest absolute Gasteiger partial charge is 0.264 e. The minimum atomic E-state index is -0.362. The molecule has 2 aliphatic heterocycles. The third kappa shape index (κ3) is 2.52. The summed E-state index contributed by atoms with van der Waals surface area (Å²) in [5.41, 5.74) is 6.98. The first-order valence-electron chi connectivity index (χ1n) is 7.54. The van der Waals surface area contributed by atoms with Crippen molar-refractivity contribution in [3.05, 3.63) is 29.8 Å². The molecule has 0 spiro atoms. The Morgan fingerprint density at radius 3 is 2.95 bits per heavy atom. The fourth-order valence-corrected chi connectivity index (χ4v) is 3.22. The summed E-state index contributed by atoms with van der Waals surface area (Å²) in [4.78, 5) is 14.7. The summed E-state index contributed by atoms with van der Waals surface area (Å²) < 4.78 is 5.82. The van der Waals surface area contributed by atoms with Crippen LogP contribution in [0.4, 0.5) is 0 Å². The molecule has 0 bridgehead atoms. The fraction of sp³-hybridized carbons (Fsp3) is 0.562. The lowest BCUT2D eigenvalue weighted by Crippen LogP contribution is -2.49. The number of hydrogen-bond acceptors (Lipinski definition) is 3. The Labute approximate surface area is 119 Å². The van der Waals surface area contributed by atoms with Gasteiger partial charge in [0.05, 0.1) is 0 Å². The van der Waals surface area contributed by atoms with Gasteiger partial charge in [-0.15, -0.1) is 0 Å². The molecule has 4 heteroatoms. The third-order valence-corrected chi connectivity index (χ3v) is 4.35. The molecule has 1 fully saturated rings. The van der Waals surface area contributed by atoms with Gasteiger partial charge in [-0.3, -0.25) is 4.79 Å². The van der Waals surface area contributed by atoms with Crippen molar-refractivity contribution in [3.63, 3.8) is 0 Å². The van der Waals surface area contributed by atoms with Crippen LogP contribution in [-0.2, 0) is 11.2 Å². The van der Waals surface area contributed by atoms with E-state index in [0.717, 1.165) is 37.1 Å². The third-order valence-electron chi connectivity index (χ3n) is 4.35. The van der Waals surface area contributed by atoms with Crippen molar-refractivity contribution in [1.82, 2.24) is 4.90 Å². The Balaban J connectivity index is 1.73. The number of nitrogens with two attached hydrogens (primary N) is 1. The van der Waals surface area contributed by atoms with E-state index in [1.54, 1.807) is 0 Å². The second kappa shape index (κ2) is 5.83. The minimum Gasteiger partial charge on any atom is -0.480 e. The Morgan fingerprint density at radius 1 is 1.30 bits per heavy atom. The molecule has 2 atom stereocenters. The summed E-state index contributed by atoms with van der Waals surface area (Å²) in [5, 5.41) is 0. The predicted molar refractivity (Wildman–Crippen MR) is 77.6 cm³/mol. The van der Waals surface area contributed by atoms with Gasteiger partial charge in [-0.05, 0) is 24.5 Å². The molecule has 0 radical (unpaired) electrons. The summed E-state index contributed by atoms with van der Waals surface area (Å²) >= 11 is 0. The number of carbonyl (C=O) groups is 1. The maximum atomic E-state index is 12.7. The summed E-state index contributed by atoms with van der Waals surface area (Å²) in [5.74, 6) is 0.962. The largest absolute Gasteiger partial charge is 0.480 e. The number of hydrogen-bond donors (Lipinski definition) is 1. The highest BCUT2D eigenvalue weighted by molar-refractivity contribution is 5.83. The molecule has 1 aromatic rings. The van der Waals surface area contributed by atoms with E-state index in [1.165, 1.54) is 6.42 Å². The predicted octanol–water partition coefficient (Wildman–Crippen LogP) is 1.72. The van der Waals surface area contributed by atoms with Gasteiger partial charge in [0.15, 0.2) is 6.10 Å². The Hall–Kier alpha value is -1.55. The Bertz CT molecular complexity index is 464. The zero-order valence-electron chi connectivity index (χ0n) is 11.8. The maximum absolute atomic E-state index is 12.7. The number of nitrogens with zero attached hydrogens (tertiary/aromatic N) is 1. The quantitative estimate of drug-likeness (QED) is 0.893. The average molecular weight is 274 g/mol. The molecule has 3 rings (SSSR count). The van der Waals surface area contributed by atoms with Crippen molar-refractivity contribution in [2.75, 3.05) is 13.1 Å². The number of fused-ring (bicyclic) bond motifs is 1. The second-order valence-electron chi connectivity index (χ2n) is 5.69. The molecule has 4 nitrogen and oxygen atoms in total. The number of carbonyl (C=O) groups excluding carboxylic acids is 1. The van der Waals surface area contributed by atoms with Gasteiger partial charge < -0.3 is 15.4 Å². The number of rotatable bonds is 2. The molecule has 20 heavy (non-hydrogen) atoms. The van der Waals surface area contributed by atoms with Crippen molar-refractivity contribution in [1.29, 1.82) is 0 Å². The van der Waals surface area contributed by atoms with Crippen LogP contribution in [0.15, 0.2) is 24.3 Å². The molecular formula is C16H22N2O2. The summed E-state index contributed by atoms with van der Waals surface area (Å²) in [6.45, 7) is 1.36. The number of benzene rings is 1. The monoisotopic (exact) mass is 274 g/mol. The zero-order chi connectivity index (χ0) is 13.9. The highest BCUT2D eigenvalue weighted by Gasteiger charge is 2.35. The van der Waals surface area contributed by atoms with Crippen LogP contribution in [0.1, 0.15) is 31.2 Å². The van der Waals surface area contributed by atoms with E-state index in [-0.39, 0.29) is 18.1 Å². The van der Waals surface area contributed by atoms with Gasteiger partial charge in [0.2, 0.25) is 0 Å². The van der Waals surface area contributed by atoms with Crippen molar-refractivity contribution < 1.29 is 9.53 Å². The molecule has 2 unspecified atom stereocenters. The molecular weight excluding hydrogens is 252 g/mol. The number of amides is 1. The van der Waals surface area contributed by atoms with Crippen LogP contribution in [0.3, 0.4) is 0 Å². The van der Waals surface area contributed by atoms with Crippen molar-refractivity contribution in [2.45, 2.75) is 44.2 Å². The topological polar surface area (TPSA) is 55.6 Å². The number of likely N-dealkylation sites (tertiary alicyclic amines) is 1. The van der Waals surface area contributed by atoms with Crippen LogP contribution >= 0.6 is 0 Å². The lowest BCUT2D eigenvalue weighted by Gasteiger charge is -2.31. The van der Waals surface area contributed by atoms with E-state index in [4.69, 9.17) is 10.5 Å². The zero-order valence-corrected chi connectivity index (χ0v) is 11.8. The minimum absolute atomic E-state index is 0.110. The lowest BCUT2D eigenvalue weighted by molar-refractivity contribution is -0.140. The first-order valence-corrected chi connectivity index (χ1v) is 7.54. The molecule has 1 amide bonds.